The van der Waals surface area contributed by atoms with Gasteiger partial charge >= 0.3 is 0 Å². The maximum atomic E-state index is 10.5. The zero-order chi connectivity index (χ0) is 12.7. The van der Waals surface area contributed by atoms with Gasteiger partial charge in [-0.25, -0.2) is 0 Å². The second-order valence-electron chi connectivity index (χ2n) is 4.29. The molecule has 0 aliphatic heterocycles. The third-order valence-electron chi connectivity index (χ3n) is 2.79. The Balaban J connectivity index is 2.23. The van der Waals surface area contributed by atoms with E-state index in [1.54, 1.807) is 0 Å². The molecule has 96 valence electrons. The van der Waals surface area contributed by atoms with E-state index in [0.29, 0.717) is 12.5 Å². The van der Waals surface area contributed by atoms with Crippen LogP contribution in [0, 0.1) is 0 Å². The first-order valence-electron chi connectivity index (χ1n) is 6.16. The first-order chi connectivity index (χ1) is 8.13. The average Bonchev–Trinajstić information content (AvgIpc) is 2.76. The Morgan fingerprint density at radius 3 is 3.06 bits per heavy atom. The van der Waals surface area contributed by atoms with Crippen molar-refractivity contribution < 1.29 is 4.79 Å². The smallest absolute Gasteiger partial charge is 0.217 e. The van der Waals surface area contributed by atoms with E-state index in [1.165, 1.54) is 0 Å². The predicted octanol–water partition coefficient (Wildman–Crippen LogP) is 1.21. The molecule has 1 unspecified atom stereocenters. The van der Waals surface area contributed by atoms with E-state index in [-0.39, 0.29) is 5.91 Å². The number of carbonyl (C=O) groups is 1. The van der Waals surface area contributed by atoms with Crippen LogP contribution in [0.1, 0.15) is 44.8 Å². The van der Waals surface area contributed by atoms with Gasteiger partial charge in [0.1, 0.15) is 0 Å². The number of hydrogen-bond acceptors (Lipinski definition) is 3. The Morgan fingerprint density at radius 2 is 2.41 bits per heavy atom. The van der Waals surface area contributed by atoms with Gasteiger partial charge in [-0.05, 0) is 32.4 Å². The Kier molecular flexibility index (Phi) is 5.69. The summed E-state index contributed by atoms with van der Waals surface area (Å²) in [6.45, 7) is 5.83. The number of nitrogens with zero attached hydrogens (tertiary/aromatic N) is 2. The van der Waals surface area contributed by atoms with Crippen molar-refractivity contribution in [2.24, 2.45) is 5.73 Å². The molecule has 0 aliphatic rings. The normalized spacial score (nSPS) is 12.6. The van der Waals surface area contributed by atoms with E-state index >= 15 is 0 Å². The second kappa shape index (κ2) is 7.06. The molecule has 0 radical (unpaired) electrons. The Bertz CT molecular complexity index is 348. The van der Waals surface area contributed by atoms with E-state index in [4.69, 9.17) is 5.73 Å². The van der Waals surface area contributed by atoms with Crippen LogP contribution in [0.5, 0.6) is 0 Å². The largest absolute Gasteiger partial charge is 0.370 e. The summed E-state index contributed by atoms with van der Waals surface area (Å²) in [6, 6.07) is 2.46. The highest BCUT2D eigenvalue weighted by Crippen LogP contribution is 2.08. The van der Waals surface area contributed by atoms with Gasteiger partial charge in [0.05, 0.1) is 5.69 Å². The Morgan fingerprint density at radius 1 is 1.65 bits per heavy atom. The zero-order valence-electron chi connectivity index (χ0n) is 10.6. The minimum Gasteiger partial charge on any atom is -0.370 e. The summed E-state index contributed by atoms with van der Waals surface area (Å²) in [7, 11) is 0. The summed E-state index contributed by atoms with van der Waals surface area (Å²) >= 11 is 0. The molecule has 1 heterocycles. The quantitative estimate of drug-likeness (QED) is 0.669. The molecule has 3 N–H and O–H groups in total. The molecule has 1 aromatic rings. The Labute approximate surface area is 102 Å². The molecule has 0 fully saturated rings. The van der Waals surface area contributed by atoms with Crippen LogP contribution in [-0.4, -0.2) is 22.2 Å². The molecule has 17 heavy (non-hydrogen) atoms. The van der Waals surface area contributed by atoms with Crippen molar-refractivity contribution >= 4 is 5.91 Å². The van der Waals surface area contributed by atoms with Gasteiger partial charge in [0, 0.05) is 25.2 Å². The monoisotopic (exact) mass is 238 g/mol. The lowest BCUT2D eigenvalue weighted by Gasteiger charge is -2.08. The summed E-state index contributed by atoms with van der Waals surface area (Å²) in [4.78, 5) is 10.5. The predicted molar refractivity (Wildman–Crippen MR) is 67.4 cm³/mol. The van der Waals surface area contributed by atoms with Crippen LogP contribution in [-0.2, 0) is 11.3 Å². The molecule has 0 aromatic carbocycles. The lowest BCUT2D eigenvalue weighted by Crippen LogP contribution is -2.18. The van der Waals surface area contributed by atoms with Crippen molar-refractivity contribution in [3.05, 3.63) is 18.0 Å². The van der Waals surface area contributed by atoms with Gasteiger partial charge in [0.25, 0.3) is 0 Å². The van der Waals surface area contributed by atoms with Crippen molar-refractivity contribution in [3.8, 4) is 0 Å². The molecule has 0 spiro atoms. The highest BCUT2D eigenvalue weighted by Gasteiger charge is 2.04. The number of hydrogen-bond donors (Lipinski definition) is 2. The minimum absolute atomic E-state index is 0.243. The maximum Gasteiger partial charge on any atom is 0.217 e. The molecule has 5 heteroatoms. The van der Waals surface area contributed by atoms with Gasteiger partial charge < -0.3 is 11.1 Å². The van der Waals surface area contributed by atoms with E-state index < -0.39 is 0 Å². The van der Waals surface area contributed by atoms with Crippen molar-refractivity contribution in [1.29, 1.82) is 0 Å². The molecule has 5 nitrogen and oxygen atoms in total. The van der Waals surface area contributed by atoms with Gasteiger partial charge in [-0.3, -0.25) is 9.48 Å². The van der Waals surface area contributed by atoms with Crippen molar-refractivity contribution in [3.63, 3.8) is 0 Å². The van der Waals surface area contributed by atoms with Crippen LogP contribution in [0.2, 0.25) is 0 Å². The average molecular weight is 238 g/mol. The number of amides is 1. The summed E-state index contributed by atoms with van der Waals surface area (Å²) < 4.78 is 1.99. The number of aromatic nitrogens is 2. The third-order valence-corrected chi connectivity index (χ3v) is 2.79. The van der Waals surface area contributed by atoms with Crippen LogP contribution in [0.15, 0.2) is 12.3 Å². The number of primary amides is 1. The summed E-state index contributed by atoms with van der Waals surface area (Å²) in [5.74, 6) is -0.243. The lowest BCUT2D eigenvalue weighted by molar-refractivity contribution is -0.118. The molecule has 1 amide bonds. The minimum atomic E-state index is -0.243. The fourth-order valence-electron chi connectivity index (χ4n) is 1.51. The standard InChI is InChI=1S/C12H22N4O/c1-3-10(2)16-8-6-11(15-16)9-14-7-4-5-12(13)17/h6,8,10,14H,3-5,7,9H2,1-2H3,(H2,13,17). The van der Waals surface area contributed by atoms with Crippen molar-refractivity contribution in [2.45, 2.75) is 45.7 Å². The molecule has 1 aromatic heterocycles. The highest BCUT2D eigenvalue weighted by molar-refractivity contribution is 5.73. The topological polar surface area (TPSA) is 72.9 Å². The van der Waals surface area contributed by atoms with Crippen LogP contribution in [0.4, 0.5) is 0 Å². The number of nitrogens with two attached hydrogens (primary N) is 1. The maximum absolute atomic E-state index is 10.5. The van der Waals surface area contributed by atoms with Gasteiger partial charge in [-0.15, -0.1) is 0 Å². The summed E-state index contributed by atoms with van der Waals surface area (Å²) in [5.41, 5.74) is 6.09. The molecule has 0 saturated carbocycles. The van der Waals surface area contributed by atoms with E-state index in [1.807, 2.05) is 16.9 Å². The second-order valence-corrected chi connectivity index (χ2v) is 4.29. The zero-order valence-corrected chi connectivity index (χ0v) is 10.6. The SMILES string of the molecule is CCC(C)n1ccc(CNCCCC(N)=O)n1. The van der Waals surface area contributed by atoms with E-state index in [2.05, 4.69) is 24.3 Å². The van der Waals surface area contributed by atoms with Crippen molar-refractivity contribution in [2.75, 3.05) is 6.54 Å². The van der Waals surface area contributed by atoms with Crippen LogP contribution in [0.25, 0.3) is 0 Å². The molecular weight excluding hydrogens is 216 g/mol. The van der Waals surface area contributed by atoms with Crippen LogP contribution < -0.4 is 11.1 Å². The number of carbonyl (C=O) groups excluding carboxylic acids is 1. The summed E-state index contributed by atoms with van der Waals surface area (Å²) in [6.07, 6.45) is 4.30. The van der Waals surface area contributed by atoms with E-state index in [9.17, 15) is 4.79 Å². The first-order valence-corrected chi connectivity index (χ1v) is 6.16. The molecule has 1 atom stereocenters. The first kappa shape index (κ1) is 13.7. The fraction of sp³-hybridized carbons (Fsp3) is 0.667. The summed E-state index contributed by atoms with van der Waals surface area (Å²) in [5, 5.41) is 7.72. The lowest BCUT2D eigenvalue weighted by atomic mass is 10.3. The fourth-order valence-corrected chi connectivity index (χ4v) is 1.51. The van der Waals surface area contributed by atoms with Gasteiger partial charge in [0.15, 0.2) is 0 Å². The third kappa shape index (κ3) is 4.99. The van der Waals surface area contributed by atoms with Crippen LogP contribution >= 0.6 is 0 Å². The molecule has 1 rings (SSSR count). The van der Waals surface area contributed by atoms with Gasteiger partial charge in [-0.1, -0.05) is 6.92 Å². The van der Waals surface area contributed by atoms with Crippen molar-refractivity contribution in [1.82, 2.24) is 15.1 Å². The van der Waals surface area contributed by atoms with Gasteiger partial charge in [0.2, 0.25) is 5.91 Å². The van der Waals surface area contributed by atoms with Gasteiger partial charge in [-0.2, -0.15) is 5.10 Å². The number of rotatable bonds is 8. The highest BCUT2D eigenvalue weighted by atomic mass is 16.1. The van der Waals surface area contributed by atoms with E-state index in [0.717, 1.165) is 31.6 Å². The molecule has 0 aliphatic carbocycles. The molecule has 0 saturated heterocycles. The molecule has 0 bridgehead atoms. The molecular formula is C12H22N4O. The number of nitrogens with one attached hydrogen (secondary N) is 1. The van der Waals surface area contributed by atoms with Crippen LogP contribution in [0.3, 0.4) is 0 Å². The Hall–Kier alpha value is -1.36.